The molecule has 0 saturated carbocycles. The van der Waals surface area contributed by atoms with Crippen molar-refractivity contribution in [3.05, 3.63) is 35.9 Å². The number of hydrogen-bond acceptors (Lipinski definition) is 4. The number of amides is 1. The van der Waals surface area contributed by atoms with Gasteiger partial charge in [-0.15, -0.1) is 0 Å². The Morgan fingerprint density at radius 3 is 2.61 bits per heavy atom. The highest BCUT2D eigenvalue weighted by atomic mass is 19.1. The molecule has 1 fully saturated rings. The molecule has 0 aliphatic carbocycles. The highest BCUT2D eigenvalue weighted by molar-refractivity contribution is 5.76. The van der Waals surface area contributed by atoms with E-state index in [1.165, 1.54) is 12.6 Å². The average Bonchev–Trinajstić information content (AvgIpc) is 2.80. The van der Waals surface area contributed by atoms with Crippen molar-refractivity contribution in [3.8, 4) is 0 Å². The second-order valence-electron chi connectivity index (χ2n) is 5.96. The molecule has 1 heterocycles. The Balaban J connectivity index is 2.00. The topological polar surface area (TPSA) is 72.8 Å². The molecule has 6 heteroatoms. The van der Waals surface area contributed by atoms with Crippen LogP contribution >= 0.6 is 0 Å². The van der Waals surface area contributed by atoms with Gasteiger partial charge in [0.05, 0.1) is 18.7 Å². The number of alkyl halides is 1. The van der Waals surface area contributed by atoms with Crippen molar-refractivity contribution < 1.29 is 19.4 Å². The summed E-state index contributed by atoms with van der Waals surface area (Å²) in [4.78, 5) is 13.4. The maximum atomic E-state index is 14.3. The van der Waals surface area contributed by atoms with Crippen LogP contribution in [0.2, 0.25) is 0 Å². The van der Waals surface area contributed by atoms with Crippen LogP contribution in [0.25, 0.3) is 0 Å². The number of carbonyl (C=O) groups excluding carboxylic acids is 1. The molecule has 1 aromatic carbocycles. The van der Waals surface area contributed by atoms with Crippen LogP contribution in [-0.4, -0.2) is 65.6 Å². The largest absolute Gasteiger partial charge is 0.395 e. The van der Waals surface area contributed by atoms with Crippen LogP contribution in [0.4, 0.5) is 4.39 Å². The Morgan fingerprint density at radius 2 is 2.00 bits per heavy atom. The molecule has 0 bridgehead atoms. The van der Waals surface area contributed by atoms with Gasteiger partial charge in [-0.2, -0.15) is 0 Å². The van der Waals surface area contributed by atoms with Crippen molar-refractivity contribution in [2.24, 2.45) is 0 Å². The molecule has 3 N–H and O–H groups in total. The minimum absolute atomic E-state index is 0.0173. The lowest BCUT2D eigenvalue weighted by Crippen LogP contribution is -2.43. The van der Waals surface area contributed by atoms with E-state index in [2.05, 4.69) is 5.32 Å². The fraction of sp³-hybridized carbons (Fsp3) is 0.588. The van der Waals surface area contributed by atoms with Crippen molar-refractivity contribution in [2.45, 2.75) is 43.6 Å². The Bertz CT molecular complexity index is 500. The van der Waals surface area contributed by atoms with Crippen molar-refractivity contribution in [2.75, 3.05) is 20.2 Å². The average molecular weight is 324 g/mol. The molecular weight excluding hydrogens is 299 g/mol. The van der Waals surface area contributed by atoms with Crippen molar-refractivity contribution in [1.29, 1.82) is 0 Å². The Morgan fingerprint density at radius 1 is 1.30 bits per heavy atom. The summed E-state index contributed by atoms with van der Waals surface area (Å²) in [6, 6.07) is 8.60. The van der Waals surface area contributed by atoms with Gasteiger partial charge in [0, 0.05) is 13.5 Å². The standard InChI is InChI=1S/C17H25FN2O3/c1-19-15(22)10-13-16(18)17(23)14(11-21)20(13)9-5-8-12-6-3-2-4-7-12/h2-4,6-7,13-14,16-17,21,23H,5,8-11H2,1H3,(H,19,22)/t13-,14-,16-,17-/m1/s1. The fourth-order valence-corrected chi connectivity index (χ4v) is 3.24. The molecule has 0 aromatic heterocycles. The van der Waals surface area contributed by atoms with Crippen LogP contribution in [0.3, 0.4) is 0 Å². The van der Waals surface area contributed by atoms with Crippen LogP contribution < -0.4 is 5.32 Å². The van der Waals surface area contributed by atoms with Crippen molar-refractivity contribution in [3.63, 3.8) is 0 Å². The predicted molar refractivity (Wildman–Crippen MR) is 85.7 cm³/mol. The van der Waals surface area contributed by atoms with E-state index in [1.54, 1.807) is 4.90 Å². The first-order chi connectivity index (χ1) is 11.1. The van der Waals surface area contributed by atoms with E-state index in [9.17, 15) is 19.4 Å². The lowest BCUT2D eigenvalue weighted by Gasteiger charge is -2.29. The molecule has 2 rings (SSSR count). The second-order valence-corrected chi connectivity index (χ2v) is 5.96. The van der Waals surface area contributed by atoms with Gasteiger partial charge in [-0.05, 0) is 24.9 Å². The van der Waals surface area contributed by atoms with Crippen LogP contribution in [0.1, 0.15) is 18.4 Å². The zero-order valence-electron chi connectivity index (χ0n) is 13.4. The van der Waals surface area contributed by atoms with Gasteiger partial charge in [0.2, 0.25) is 5.91 Å². The molecule has 1 amide bonds. The molecule has 0 radical (unpaired) electrons. The lowest BCUT2D eigenvalue weighted by molar-refractivity contribution is -0.122. The number of nitrogens with one attached hydrogen (secondary N) is 1. The number of halogens is 1. The zero-order chi connectivity index (χ0) is 16.8. The Hall–Kier alpha value is -1.50. The molecule has 1 aromatic rings. The van der Waals surface area contributed by atoms with Gasteiger partial charge < -0.3 is 15.5 Å². The van der Waals surface area contributed by atoms with E-state index in [0.717, 1.165) is 12.8 Å². The van der Waals surface area contributed by atoms with E-state index >= 15 is 0 Å². The van der Waals surface area contributed by atoms with Gasteiger partial charge in [0.25, 0.3) is 0 Å². The number of rotatable bonds is 7. The molecule has 0 spiro atoms. The SMILES string of the molecule is CNC(=O)C[C@@H]1[C@@H](F)[C@H](O)[C@@H](CO)N1CCCc1ccccc1. The van der Waals surface area contributed by atoms with Crippen molar-refractivity contribution in [1.82, 2.24) is 10.2 Å². The molecule has 128 valence electrons. The smallest absolute Gasteiger partial charge is 0.221 e. The quantitative estimate of drug-likeness (QED) is 0.683. The molecule has 1 saturated heterocycles. The molecule has 23 heavy (non-hydrogen) atoms. The molecule has 1 aliphatic heterocycles. The number of nitrogens with zero attached hydrogens (tertiary/aromatic N) is 1. The van der Waals surface area contributed by atoms with Crippen molar-refractivity contribution >= 4 is 5.91 Å². The normalized spacial score (nSPS) is 28.0. The minimum Gasteiger partial charge on any atom is -0.395 e. The van der Waals surface area contributed by atoms with Crippen LogP contribution in [0.15, 0.2) is 30.3 Å². The molecule has 0 unspecified atom stereocenters. The summed E-state index contributed by atoms with van der Waals surface area (Å²) in [6.07, 6.45) is -1.21. The summed E-state index contributed by atoms with van der Waals surface area (Å²) in [5.74, 6) is -0.267. The first-order valence-corrected chi connectivity index (χ1v) is 8.01. The number of aliphatic hydroxyl groups is 2. The number of benzene rings is 1. The van der Waals surface area contributed by atoms with Crippen LogP contribution in [-0.2, 0) is 11.2 Å². The number of hydrogen-bond donors (Lipinski definition) is 3. The van der Waals surface area contributed by atoms with E-state index < -0.39 is 24.4 Å². The zero-order valence-corrected chi connectivity index (χ0v) is 13.4. The number of aryl methyl sites for hydroxylation is 1. The molecular formula is C17H25FN2O3. The first kappa shape index (κ1) is 17.8. The summed E-state index contributed by atoms with van der Waals surface area (Å²) >= 11 is 0. The highest BCUT2D eigenvalue weighted by Crippen LogP contribution is 2.30. The monoisotopic (exact) mass is 324 g/mol. The Kier molecular flexibility index (Phi) is 6.50. The fourth-order valence-electron chi connectivity index (χ4n) is 3.24. The third kappa shape index (κ3) is 4.28. The summed E-state index contributed by atoms with van der Waals surface area (Å²) in [7, 11) is 1.50. The number of likely N-dealkylation sites (tertiary alicyclic amines) is 1. The predicted octanol–water partition coefficient (Wildman–Crippen LogP) is 0.499. The summed E-state index contributed by atoms with van der Waals surface area (Å²) < 4.78 is 14.3. The maximum Gasteiger partial charge on any atom is 0.221 e. The van der Waals surface area contributed by atoms with E-state index in [4.69, 9.17) is 0 Å². The van der Waals surface area contributed by atoms with E-state index in [1.807, 2.05) is 30.3 Å². The lowest BCUT2D eigenvalue weighted by atomic mass is 10.1. The van der Waals surface area contributed by atoms with Gasteiger partial charge >= 0.3 is 0 Å². The van der Waals surface area contributed by atoms with Gasteiger partial charge in [-0.3, -0.25) is 9.69 Å². The van der Waals surface area contributed by atoms with Gasteiger partial charge in [-0.25, -0.2) is 4.39 Å². The van der Waals surface area contributed by atoms with E-state index in [-0.39, 0.29) is 18.9 Å². The van der Waals surface area contributed by atoms with Crippen LogP contribution in [0.5, 0.6) is 0 Å². The number of aliphatic hydroxyl groups excluding tert-OH is 2. The molecule has 4 atom stereocenters. The van der Waals surface area contributed by atoms with Gasteiger partial charge in [-0.1, -0.05) is 30.3 Å². The third-order valence-corrected chi connectivity index (χ3v) is 4.53. The second kappa shape index (κ2) is 8.38. The number of carbonyl (C=O) groups is 1. The highest BCUT2D eigenvalue weighted by Gasteiger charge is 2.48. The summed E-state index contributed by atoms with van der Waals surface area (Å²) in [6.45, 7) is 0.205. The van der Waals surface area contributed by atoms with E-state index in [0.29, 0.717) is 6.54 Å². The van der Waals surface area contributed by atoms with Gasteiger partial charge in [0.1, 0.15) is 12.3 Å². The Labute approximate surface area is 136 Å². The summed E-state index contributed by atoms with van der Waals surface area (Å²) in [5.41, 5.74) is 1.19. The van der Waals surface area contributed by atoms with Crippen LogP contribution in [0, 0.1) is 0 Å². The molecule has 1 aliphatic rings. The third-order valence-electron chi connectivity index (χ3n) is 4.53. The minimum atomic E-state index is -1.53. The first-order valence-electron chi connectivity index (χ1n) is 8.01. The molecule has 5 nitrogen and oxygen atoms in total. The summed E-state index contributed by atoms with van der Waals surface area (Å²) in [5, 5.41) is 22.0. The van der Waals surface area contributed by atoms with Gasteiger partial charge in [0.15, 0.2) is 0 Å². The maximum absolute atomic E-state index is 14.3.